The SMILES string of the molecule is CC(C)c1cc([C@@H]2CCCN2C(=O)Cn2c(=O)[nH]c3ccccc32)no1. The van der Waals surface area contributed by atoms with E-state index in [1.807, 2.05) is 49.1 Å². The summed E-state index contributed by atoms with van der Waals surface area (Å²) >= 11 is 0. The van der Waals surface area contributed by atoms with Crippen molar-refractivity contribution in [2.24, 2.45) is 0 Å². The molecule has 1 fully saturated rings. The van der Waals surface area contributed by atoms with Gasteiger partial charge in [0.15, 0.2) is 0 Å². The molecule has 1 aromatic carbocycles. The second-order valence-electron chi connectivity index (χ2n) is 7.09. The maximum absolute atomic E-state index is 12.9. The standard InChI is InChI=1S/C19H22N4O3/c1-12(2)17-10-14(21-26-17)16-8-5-9-22(16)18(24)11-23-15-7-4-3-6-13(15)20-19(23)25/h3-4,6-7,10,12,16H,5,8-9,11H2,1-2H3,(H,20,25)/t16-/m0/s1. The molecule has 26 heavy (non-hydrogen) atoms. The molecule has 4 rings (SSSR count). The van der Waals surface area contributed by atoms with Crippen molar-refractivity contribution in [3.05, 3.63) is 52.3 Å². The number of H-pyrrole nitrogens is 1. The molecule has 0 unspecified atom stereocenters. The Bertz CT molecular complexity index is 998. The highest BCUT2D eigenvalue weighted by molar-refractivity contribution is 5.81. The molecule has 7 nitrogen and oxygen atoms in total. The van der Waals surface area contributed by atoms with E-state index in [2.05, 4.69) is 10.1 Å². The van der Waals surface area contributed by atoms with Crippen LogP contribution in [0.3, 0.4) is 0 Å². The van der Waals surface area contributed by atoms with Gasteiger partial charge in [0.2, 0.25) is 5.91 Å². The highest BCUT2D eigenvalue weighted by atomic mass is 16.5. The lowest BCUT2D eigenvalue weighted by atomic mass is 10.1. The predicted molar refractivity (Wildman–Crippen MR) is 96.8 cm³/mol. The van der Waals surface area contributed by atoms with Crippen molar-refractivity contribution in [1.29, 1.82) is 0 Å². The quantitative estimate of drug-likeness (QED) is 0.781. The van der Waals surface area contributed by atoms with Gasteiger partial charge in [0.25, 0.3) is 0 Å². The fraction of sp³-hybridized carbons (Fsp3) is 0.421. The Morgan fingerprint density at radius 1 is 1.38 bits per heavy atom. The zero-order chi connectivity index (χ0) is 18.3. The summed E-state index contributed by atoms with van der Waals surface area (Å²) in [5, 5.41) is 4.17. The highest BCUT2D eigenvalue weighted by Crippen LogP contribution is 2.33. The fourth-order valence-electron chi connectivity index (χ4n) is 3.60. The van der Waals surface area contributed by atoms with Crippen LogP contribution in [0.5, 0.6) is 0 Å². The van der Waals surface area contributed by atoms with Gasteiger partial charge in [0.05, 0.1) is 17.1 Å². The normalized spacial score (nSPS) is 17.5. The second kappa shape index (κ2) is 6.48. The smallest absolute Gasteiger partial charge is 0.326 e. The minimum Gasteiger partial charge on any atom is -0.361 e. The number of aromatic nitrogens is 3. The van der Waals surface area contributed by atoms with Gasteiger partial charge in [0.1, 0.15) is 18.0 Å². The second-order valence-corrected chi connectivity index (χ2v) is 7.09. The first kappa shape index (κ1) is 16.6. The van der Waals surface area contributed by atoms with Gasteiger partial charge >= 0.3 is 5.69 Å². The van der Waals surface area contributed by atoms with E-state index in [0.717, 1.165) is 35.3 Å². The van der Waals surface area contributed by atoms with Gasteiger partial charge in [-0.3, -0.25) is 9.36 Å². The van der Waals surface area contributed by atoms with Crippen LogP contribution >= 0.6 is 0 Å². The van der Waals surface area contributed by atoms with Gasteiger partial charge in [-0.25, -0.2) is 4.79 Å². The molecule has 2 aromatic heterocycles. The summed E-state index contributed by atoms with van der Waals surface area (Å²) < 4.78 is 6.90. The summed E-state index contributed by atoms with van der Waals surface area (Å²) in [6.45, 7) is 4.79. The third-order valence-corrected chi connectivity index (χ3v) is 5.01. The first-order valence-corrected chi connectivity index (χ1v) is 8.98. The van der Waals surface area contributed by atoms with Gasteiger partial charge in [-0.15, -0.1) is 0 Å². The lowest BCUT2D eigenvalue weighted by Gasteiger charge is -2.23. The fourth-order valence-corrected chi connectivity index (χ4v) is 3.60. The first-order valence-electron chi connectivity index (χ1n) is 8.98. The number of para-hydroxylation sites is 2. The number of benzene rings is 1. The summed E-state index contributed by atoms with van der Waals surface area (Å²) in [5.41, 5.74) is 2.01. The lowest BCUT2D eigenvalue weighted by molar-refractivity contribution is -0.132. The lowest BCUT2D eigenvalue weighted by Crippen LogP contribution is -2.35. The van der Waals surface area contributed by atoms with E-state index in [1.165, 1.54) is 4.57 Å². The molecule has 0 spiro atoms. The van der Waals surface area contributed by atoms with Crippen LogP contribution in [0.1, 0.15) is 50.1 Å². The molecule has 0 bridgehead atoms. The number of amides is 1. The molecule has 3 heterocycles. The summed E-state index contributed by atoms with van der Waals surface area (Å²) in [6.07, 6.45) is 1.78. The topological polar surface area (TPSA) is 84.1 Å². The van der Waals surface area contributed by atoms with Gasteiger partial charge in [-0.2, -0.15) is 0 Å². The summed E-state index contributed by atoms with van der Waals surface area (Å²) in [7, 11) is 0. The van der Waals surface area contributed by atoms with Crippen molar-refractivity contribution < 1.29 is 9.32 Å². The molecular weight excluding hydrogens is 332 g/mol. The molecule has 1 amide bonds. The van der Waals surface area contributed by atoms with Crippen molar-refractivity contribution in [1.82, 2.24) is 19.6 Å². The third kappa shape index (κ3) is 2.83. The van der Waals surface area contributed by atoms with Crippen molar-refractivity contribution in [3.8, 4) is 0 Å². The number of carbonyl (C=O) groups is 1. The summed E-state index contributed by atoms with van der Waals surface area (Å²) in [4.78, 5) is 29.8. The molecule has 1 aliphatic heterocycles. The predicted octanol–water partition coefficient (Wildman–Crippen LogP) is 2.80. The Hall–Kier alpha value is -2.83. The van der Waals surface area contributed by atoms with Gasteiger partial charge < -0.3 is 14.4 Å². The monoisotopic (exact) mass is 354 g/mol. The molecule has 0 saturated carbocycles. The maximum atomic E-state index is 12.9. The van der Waals surface area contributed by atoms with E-state index >= 15 is 0 Å². The van der Waals surface area contributed by atoms with Crippen molar-refractivity contribution in [2.75, 3.05) is 6.54 Å². The number of imidazole rings is 1. The number of hydrogen-bond acceptors (Lipinski definition) is 4. The number of carbonyl (C=O) groups excluding carboxylic acids is 1. The molecule has 3 aromatic rings. The third-order valence-electron chi connectivity index (χ3n) is 5.01. The Morgan fingerprint density at radius 2 is 2.19 bits per heavy atom. The van der Waals surface area contributed by atoms with Crippen LogP contribution in [0.2, 0.25) is 0 Å². The van der Waals surface area contributed by atoms with E-state index in [0.29, 0.717) is 6.54 Å². The minimum atomic E-state index is -0.265. The zero-order valence-electron chi connectivity index (χ0n) is 14.9. The number of rotatable bonds is 4. The van der Waals surface area contributed by atoms with Crippen LogP contribution in [0.25, 0.3) is 11.0 Å². The Morgan fingerprint density at radius 3 is 2.96 bits per heavy atom. The number of fused-ring (bicyclic) bond motifs is 1. The largest absolute Gasteiger partial charge is 0.361 e. The van der Waals surface area contributed by atoms with E-state index < -0.39 is 0 Å². The van der Waals surface area contributed by atoms with Gasteiger partial charge in [-0.05, 0) is 25.0 Å². The van der Waals surface area contributed by atoms with Crippen LogP contribution in [-0.4, -0.2) is 32.1 Å². The van der Waals surface area contributed by atoms with E-state index in [1.54, 1.807) is 0 Å². The minimum absolute atomic E-state index is 0.0221. The van der Waals surface area contributed by atoms with Gasteiger partial charge in [-0.1, -0.05) is 31.1 Å². The zero-order valence-corrected chi connectivity index (χ0v) is 14.9. The molecule has 136 valence electrons. The molecule has 0 aliphatic carbocycles. The Kier molecular flexibility index (Phi) is 4.14. The van der Waals surface area contributed by atoms with E-state index in [9.17, 15) is 9.59 Å². The van der Waals surface area contributed by atoms with Crippen LogP contribution in [-0.2, 0) is 11.3 Å². The highest BCUT2D eigenvalue weighted by Gasteiger charge is 2.32. The Labute approximate surface area is 150 Å². The van der Waals surface area contributed by atoms with Crippen LogP contribution in [0, 0.1) is 0 Å². The maximum Gasteiger partial charge on any atom is 0.326 e. The van der Waals surface area contributed by atoms with Crippen molar-refractivity contribution >= 4 is 16.9 Å². The van der Waals surface area contributed by atoms with Crippen LogP contribution in [0.15, 0.2) is 39.6 Å². The average Bonchev–Trinajstić information content (AvgIpc) is 3.33. The molecule has 7 heteroatoms. The average molecular weight is 354 g/mol. The molecule has 1 aliphatic rings. The number of likely N-dealkylation sites (tertiary alicyclic amines) is 1. The number of hydrogen-bond donors (Lipinski definition) is 1. The number of nitrogens with zero attached hydrogens (tertiary/aromatic N) is 3. The molecule has 1 saturated heterocycles. The number of aromatic amines is 1. The summed E-state index contributed by atoms with van der Waals surface area (Å²) in [6, 6.07) is 9.25. The van der Waals surface area contributed by atoms with Crippen molar-refractivity contribution in [3.63, 3.8) is 0 Å². The van der Waals surface area contributed by atoms with Crippen LogP contribution < -0.4 is 5.69 Å². The van der Waals surface area contributed by atoms with Crippen LogP contribution in [0.4, 0.5) is 0 Å². The number of nitrogens with one attached hydrogen (secondary N) is 1. The molecule has 1 N–H and O–H groups in total. The van der Waals surface area contributed by atoms with E-state index in [-0.39, 0.29) is 30.1 Å². The van der Waals surface area contributed by atoms with Gasteiger partial charge in [0, 0.05) is 18.5 Å². The summed E-state index contributed by atoms with van der Waals surface area (Å²) in [5.74, 6) is 1.01. The van der Waals surface area contributed by atoms with Crippen molar-refractivity contribution in [2.45, 2.75) is 45.2 Å². The molecule has 0 radical (unpaired) electrons. The molecular formula is C19H22N4O3. The first-order chi connectivity index (χ1) is 12.5. The Balaban J connectivity index is 1.58. The molecule has 1 atom stereocenters. The van der Waals surface area contributed by atoms with E-state index in [4.69, 9.17) is 4.52 Å².